The number of benzene rings is 3. The lowest BCUT2D eigenvalue weighted by molar-refractivity contribution is 0.102. The molecule has 0 fully saturated rings. The lowest BCUT2D eigenvalue weighted by atomic mass is 10.0. The highest BCUT2D eigenvalue weighted by Crippen LogP contribution is 2.33. The first-order chi connectivity index (χ1) is 14.9. The van der Waals surface area contributed by atoms with E-state index in [1.54, 1.807) is 66.7 Å². The fourth-order valence-electron chi connectivity index (χ4n) is 3.65. The number of fused-ring (bicyclic) bond motifs is 1. The fourth-order valence-corrected chi connectivity index (χ4v) is 5.38. The Labute approximate surface area is 186 Å². The van der Waals surface area contributed by atoms with Crippen LogP contribution in [0.25, 0.3) is 0 Å². The normalized spacial score (nSPS) is 13.4. The molecule has 1 aliphatic heterocycles. The summed E-state index contributed by atoms with van der Waals surface area (Å²) in [4.78, 5) is 13.1. The number of ether oxygens (including phenoxy) is 1. The van der Waals surface area contributed by atoms with Crippen molar-refractivity contribution in [2.24, 2.45) is 0 Å². The fraction of sp³-hybridized carbons (Fsp3) is 0.174. The molecule has 8 heteroatoms. The molecule has 0 bridgehead atoms. The third-order valence-electron chi connectivity index (χ3n) is 5.16. The van der Waals surface area contributed by atoms with Crippen LogP contribution in [0.3, 0.4) is 0 Å². The van der Waals surface area contributed by atoms with Gasteiger partial charge in [0.05, 0.1) is 23.4 Å². The summed E-state index contributed by atoms with van der Waals surface area (Å²) in [6.45, 7) is 0.398. The molecule has 0 saturated heterocycles. The molecular formula is C23H21ClN2O4S. The van der Waals surface area contributed by atoms with Crippen molar-refractivity contribution in [3.63, 3.8) is 0 Å². The van der Waals surface area contributed by atoms with Crippen LogP contribution in [0.4, 0.5) is 11.4 Å². The van der Waals surface area contributed by atoms with Crippen molar-refractivity contribution >= 4 is 38.9 Å². The Morgan fingerprint density at radius 2 is 1.84 bits per heavy atom. The van der Waals surface area contributed by atoms with Crippen molar-refractivity contribution in [2.75, 3.05) is 23.3 Å². The molecule has 1 aliphatic rings. The van der Waals surface area contributed by atoms with Crippen LogP contribution in [0.1, 0.15) is 22.3 Å². The summed E-state index contributed by atoms with van der Waals surface area (Å²) in [5.41, 5.74) is 2.31. The van der Waals surface area contributed by atoms with Gasteiger partial charge in [-0.05, 0) is 66.9 Å². The van der Waals surface area contributed by atoms with E-state index < -0.39 is 10.0 Å². The molecular weight excluding hydrogens is 436 g/mol. The molecule has 0 aliphatic carbocycles. The highest BCUT2D eigenvalue weighted by molar-refractivity contribution is 7.92. The van der Waals surface area contributed by atoms with E-state index in [-0.39, 0.29) is 10.8 Å². The van der Waals surface area contributed by atoms with Crippen molar-refractivity contribution in [3.8, 4) is 5.75 Å². The van der Waals surface area contributed by atoms with Crippen LogP contribution in [-0.4, -0.2) is 28.0 Å². The Balaban J connectivity index is 1.63. The summed E-state index contributed by atoms with van der Waals surface area (Å²) in [6, 6.07) is 18.4. The molecule has 6 nitrogen and oxygen atoms in total. The van der Waals surface area contributed by atoms with E-state index in [2.05, 4.69) is 5.32 Å². The monoisotopic (exact) mass is 456 g/mol. The SMILES string of the molecule is COc1ccc(Cl)cc1NC(=O)c1ccc2c(c1)CCCN2S(=O)(=O)c1ccccc1. The van der Waals surface area contributed by atoms with Crippen LogP contribution in [0, 0.1) is 0 Å². The second kappa shape index (κ2) is 8.61. The molecule has 0 atom stereocenters. The highest BCUT2D eigenvalue weighted by Gasteiger charge is 2.29. The lowest BCUT2D eigenvalue weighted by Crippen LogP contribution is -2.35. The maximum atomic E-state index is 13.1. The maximum Gasteiger partial charge on any atom is 0.264 e. The van der Waals surface area contributed by atoms with Gasteiger partial charge in [0.15, 0.2) is 0 Å². The molecule has 0 spiro atoms. The van der Waals surface area contributed by atoms with Crippen LogP contribution in [0.2, 0.25) is 5.02 Å². The number of rotatable bonds is 5. The van der Waals surface area contributed by atoms with Gasteiger partial charge in [0, 0.05) is 17.1 Å². The Hall–Kier alpha value is -3.03. The van der Waals surface area contributed by atoms with Gasteiger partial charge < -0.3 is 10.1 Å². The van der Waals surface area contributed by atoms with E-state index in [4.69, 9.17) is 16.3 Å². The number of aryl methyl sites for hydroxylation is 1. The van der Waals surface area contributed by atoms with E-state index in [0.717, 1.165) is 5.56 Å². The van der Waals surface area contributed by atoms with Crippen molar-refractivity contribution in [1.29, 1.82) is 0 Å². The maximum absolute atomic E-state index is 13.1. The molecule has 31 heavy (non-hydrogen) atoms. The molecule has 0 unspecified atom stereocenters. The molecule has 1 N–H and O–H groups in total. The van der Waals surface area contributed by atoms with Gasteiger partial charge in [-0.25, -0.2) is 8.42 Å². The minimum absolute atomic E-state index is 0.248. The molecule has 0 aromatic heterocycles. The zero-order valence-corrected chi connectivity index (χ0v) is 18.4. The Morgan fingerprint density at radius 3 is 2.58 bits per heavy atom. The number of anilines is 2. The number of methoxy groups -OCH3 is 1. The summed E-state index contributed by atoms with van der Waals surface area (Å²) in [5.74, 6) is 0.169. The Morgan fingerprint density at radius 1 is 1.06 bits per heavy atom. The zero-order valence-electron chi connectivity index (χ0n) is 16.8. The van der Waals surface area contributed by atoms with E-state index >= 15 is 0 Å². The average molecular weight is 457 g/mol. The van der Waals surface area contributed by atoms with Crippen molar-refractivity contribution < 1.29 is 17.9 Å². The van der Waals surface area contributed by atoms with Crippen molar-refractivity contribution in [3.05, 3.63) is 82.9 Å². The molecule has 3 aromatic rings. The van der Waals surface area contributed by atoms with Crippen LogP contribution in [0.15, 0.2) is 71.6 Å². The first kappa shape index (κ1) is 21.2. The van der Waals surface area contributed by atoms with Gasteiger partial charge in [-0.3, -0.25) is 9.10 Å². The highest BCUT2D eigenvalue weighted by atomic mass is 35.5. The lowest BCUT2D eigenvalue weighted by Gasteiger charge is -2.30. The largest absolute Gasteiger partial charge is 0.495 e. The number of hydrogen-bond donors (Lipinski definition) is 1. The number of nitrogens with zero attached hydrogens (tertiary/aromatic N) is 1. The van der Waals surface area contributed by atoms with Crippen LogP contribution < -0.4 is 14.4 Å². The van der Waals surface area contributed by atoms with Crippen LogP contribution >= 0.6 is 11.6 Å². The number of sulfonamides is 1. The third kappa shape index (κ3) is 4.24. The summed E-state index contributed by atoms with van der Waals surface area (Å²) in [6.07, 6.45) is 1.37. The standard InChI is InChI=1S/C23H21ClN2O4S/c1-30-22-12-10-18(24)15-20(22)25-23(27)17-9-11-21-16(14-17)6-5-13-26(21)31(28,29)19-7-3-2-4-8-19/h2-4,7-12,14-15H,5-6,13H2,1H3,(H,25,27). The van der Waals surface area contributed by atoms with Gasteiger partial charge in [0.1, 0.15) is 5.75 Å². The van der Waals surface area contributed by atoms with Crippen LogP contribution in [0.5, 0.6) is 5.75 Å². The summed E-state index contributed by atoms with van der Waals surface area (Å²) >= 11 is 6.04. The average Bonchev–Trinajstić information content (AvgIpc) is 2.79. The zero-order chi connectivity index (χ0) is 22.0. The Kier molecular flexibility index (Phi) is 5.89. The number of halogens is 1. The molecule has 4 rings (SSSR count). The molecule has 0 radical (unpaired) electrons. The number of amides is 1. The predicted molar refractivity (Wildman–Crippen MR) is 122 cm³/mol. The summed E-state index contributed by atoms with van der Waals surface area (Å²) in [5, 5.41) is 3.29. The van der Waals surface area contributed by atoms with Crippen molar-refractivity contribution in [2.45, 2.75) is 17.7 Å². The van der Waals surface area contributed by atoms with Gasteiger partial charge in [-0.2, -0.15) is 0 Å². The number of hydrogen-bond acceptors (Lipinski definition) is 4. The van der Waals surface area contributed by atoms with E-state index in [0.29, 0.717) is 47.1 Å². The van der Waals surface area contributed by atoms with Gasteiger partial charge in [0.25, 0.3) is 15.9 Å². The minimum atomic E-state index is -3.67. The second-order valence-electron chi connectivity index (χ2n) is 7.14. The van der Waals surface area contributed by atoms with E-state index in [9.17, 15) is 13.2 Å². The first-order valence-corrected chi connectivity index (χ1v) is 11.6. The number of carbonyl (C=O) groups excluding carboxylic acids is 1. The van der Waals surface area contributed by atoms with Gasteiger partial charge in [-0.15, -0.1) is 0 Å². The van der Waals surface area contributed by atoms with E-state index in [1.807, 2.05) is 0 Å². The second-order valence-corrected chi connectivity index (χ2v) is 9.43. The Bertz CT molecular complexity index is 1230. The molecule has 0 saturated carbocycles. The summed E-state index contributed by atoms with van der Waals surface area (Å²) < 4.78 is 33.0. The third-order valence-corrected chi connectivity index (χ3v) is 7.22. The first-order valence-electron chi connectivity index (χ1n) is 9.76. The molecule has 1 heterocycles. The van der Waals surface area contributed by atoms with Gasteiger partial charge in [0.2, 0.25) is 0 Å². The topological polar surface area (TPSA) is 75.7 Å². The van der Waals surface area contributed by atoms with Crippen molar-refractivity contribution in [1.82, 2.24) is 0 Å². The molecule has 160 valence electrons. The molecule has 3 aromatic carbocycles. The van der Waals surface area contributed by atoms with Crippen LogP contribution in [-0.2, 0) is 16.4 Å². The smallest absolute Gasteiger partial charge is 0.264 e. The number of nitrogens with one attached hydrogen (secondary N) is 1. The minimum Gasteiger partial charge on any atom is -0.495 e. The summed E-state index contributed by atoms with van der Waals surface area (Å²) in [7, 11) is -2.16. The predicted octanol–water partition coefficient (Wildman–Crippen LogP) is 4.74. The van der Waals surface area contributed by atoms with Gasteiger partial charge >= 0.3 is 0 Å². The van der Waals surface area contributed by atoms with E-state index in [1.165, 1.54) is 11.4 Å². The quantitative estimate of drug-likeness (QED) is 0.601. The number of carbonyl (C=O) groups is 1. The van der Waals surface area contributed by atoms with Gasteiger partial charge in [-0.1, -0.05) is 29.8 Å². The molecule has 1 amide bonds.